The smallest absolute Gasteiger partial charge is 0.462 e. The maximum absolute atomic E-state index is 12.7. The van der Waals surface area contributed by atoms with Gasteiger partial charge in [0.25, 0.3) is 0 Å². The fourth-order valence-corrected chi connectivity index (χ4v) is 7.04. The van der Waals surface area contributed by atoms with E-state index in [1.165, 1.54) is 38.5 Å². The van der Waals surface area contributed by atoms with Crippen LogP contribution in [0.3, 0.4) is 0 Å². The number of allylic oxidation sites excluding steroid dienone is 7. The number of rotatable bonds is 34. The maximum atomic E-state index is 12.7. The summed E-state index contributed by atoms with van der Waals surface area (Å²) in [4.78, 5) is 35.0. The second-order valence-corrected chi connectivity index (χ2v) is 15.9. The standard InChI is InChI=1S/C43H74NO11P/c1-3-5-7-8-9-10-11-12-13-14-15-16-17-18-19-20-22-27-42(48)52-34-37(35-54-56(50,51)53-32-31-44)55-43(49)28-24-23-26-38-39(41(47)33-40(38)46)30-29-36(45)25-21-6-4-2/h12-13,15-16,18-19,23-24,29-30,36-41,45-47H,3-11,14,17,20-22,25-28,31-35,44H2,1-2H3,(H,50,51)/b13-12-,16-15-,19-18-,24-23-,30-29+/t36-,37-,38+,39-,40+,41-/m1/s1. The summed E-state index contributed by atoms with van der Waals surface area (Å²) in [7, 11) is -4.48. The zero-order valence-electron chi connectivity index (χ0n) is 34.2. The predicted octanol–water partition coefficient (Wildman–Crippen LogP) is 8.10. The number of phosphoric ester groups is 1. The maximum Gasteiger partial charge on any atom is 0.472 e. The minimum Gasteiger partial charge on any atom is -0.462 e. The van der Waals surface area contributed by atoms with E-state index in [0.717, 1.165) is 38.5 Å². The molecule has 13 heteroatoms. The van der Waals surface area contributed by atoms with Crippen molar-refractivity contribution in [1.29, 1.82) is 0 Å². The molecular weight excluding hydrogens is 737 g/mol. The highest BCUT2D eigenvalue weighted by Gasteiger charge is 2.39. The minimum atomic E-state index is -4.48. The lowest BCUT2D eigenvalue weighted by Gasteiger charge is -2.20. The molecule has 0 aromatic heterocycles. The van der Waals surface area contributed by atoms with E-state index in [9.17, 15) is 34.4 Å². The molecule has 0 aromatic rings. The molecule has 0 saturated heterocycles. The molecule has 0 aliphatic heterocycles. The van der Waals surface area contributed by atoms with Crippen LogP contribution in [0.1, 0.15) is 136 Å². The molecule has 7 atom stereocenters. The van der Waals surface area contributed by atoms with Gasteiger partial charge in [-0.1, -0.05) is 126 Å². The third-order valence-electron chi connectivity index (χ3n) is 9.48. The number of unbranched alkanes of at least 4 members (excludes halogenated alkanes) is 9. The van der Waals surface area contributed by atoms with Crippen LogP contribution in [-0.2, 0) is 32.7 Å². The molecule has 0 heterocycles. The molecule has 1 aliphatic rings. The van der Waals surface area contributed by atoms with E-state index in [4.69, 9.17) is 24.3 Å². The summed E-state index contributed by atoms with van der Waals surface area (Å²) in [6.45, 7) is 3.16. The zero-order valence-corrected chi connectivity index (χ0v) is 35.1. The molecule has 1 saturated carbocycles. The van der Waals surface area contributed by atoms with Gasteiger partial charge in [0.05, 0.1) is 37.9 Å². The van der Waals surface area contributed by atoms with Crippen molar-refractivity contribution < 1.29 is 52.9 Å². The van der Waals surface area contributed by atoms with Crippen molar-refractivity contribution >= 4 is 19.8 Å². The summed E-state index contributed by atoms with van der Waals surface area (Å²) < 4.78 is 32.6. The van der Waals surface area contributed by atoms with Crippen LogP contribution in [0.4, 0.5) is 0 Å². The molecular formula is C43H74NO11P. The number of aliphatic hydroxyl groups is 3. The van der Waals surface area contributed by atoms with Gasteiger partial charge < -0.3 is 35.4 Å². The third-order valence-corrected chi connectivity index (χ3v) is 10.5. The van der Waals surface area contributed by atoms with Gasteiger partial charge in [-0.05, 0) is 57.3 Å². The van der Waals surface area contributed by atoms with Crippen molar-refractivity contribution in [2.24, 2.45) is 17.6 Å². The first-order chi connectivity index (χ1) is 27.0. The van der Waals surface area contributed by atoms with Crippen molar-refractivity contribution in [1.82, 2.24) is 0 Å². The Bertz CT molecular complexity index is 1220. The lowest BCUT2D eigenvalue weighted by Crippen LogP contribution is -2.29. The van der Waals surface area contributed by atoms with Crippen LogP contribution in [0.25, 0.3) is 0 Å². The number of carbonyl (C=O) groups is 2. The van der Waals surface area contributed by atoms with Crippen LogP contribution in [0.15, 0.2) is 60.8 Å². The summed E-state index contributed by atoms with van der Waals surface area (Å²) >= 11 is 0. The van der Waals surface area contributed by atoms with Crippen LogP contribution >= 0.6 is 7.82 Å². The van der Waals surface area contributed by atoms with Gasteiger partial charge in [0.15, 0.2) is 6.10 Å². The van der Waals surface area contributed by atoms with Gasteiger partial charge in [-0.25, -0.2) is 4.57 Å². The van der Waals surface area contributed by atoms with Gasteiger partial charge in [-0.3, -0.25) is 18.6 Å². The summed E-state index contributed by atoms with van der Waals surface area (Å²) in [5.41, 5.74) is 5.33. The molecule has 12 nitrogen and oxygen atoms in total. The van der Waals surface area contributed by atoms with Gasteiger partial charge in [0.2, 0.25) is 0 Å². The van der Waals surface area contributed by atoms with Gasteiger partial charge in [-0.15, -0.1) is 0 Å². The predicted molar refractivity (Wildman–Crippen MR) is 221 cm³/mol. The Morgan fingerprint density at radius 1 is 0.786 bits per heavy atom. The van der Waals surface area contributed by atoms with Crippen LogP contribution in [0, 0.1) is 11.8 Å². The number of ether oxygens (including phenoxy) is 2. The molecule has 0 radical (unpaired) electrons. The van der Waals surface area contributed by atoms with E-state index >= 15 is 0 Å². The van der Waals surface area contributed by atoms with Gasteiger partial charge in [0, 0.05) is 25.3 Å². The average Bonchev–Trinajstić information content (AvgIpc) is 3.44. The fraction of sp³-hybridized carbons (Fsp3) is 0.721. The summed E-state index contributed by atoms with van der Waals surface area (Å²) in [6, 6.07) is 0. The van der Waals surface area contributed by atoms with E-state index < -0.39 is 50.8 Å². The number of hydrogen-bond acceptors (Lipinski definition) is 11. The van der Waals surface area contributed by atoms with Gasteiger partial charge in [0.1, 0.15) is 6.61 Å². The second kappa shape index (κ2) is 33.6. The average molecular weight is 812 g/mol. The monoisotopic (exact) mass is 811 g/mol. The molecule has 0 bridgehead atoms. The number of aliphatic hydroxyl groups excluding tert-OH is 3. The Morgan fingerprint density at radius 3 is 2.12 bits per heavy atom. The van der Waals surface area contributed by atoms with Crippen LogP contribution < -0.4 is 5.73 Å². The van der Waals surface area contributed by atoms with Crippen LogP contribution in [0.5, 0.6) is 0 Å². The quantitative estimate of drug-likeness (QED) is 0.0182. The molecule has 1 fully saturated rings. The Labute approximate surface area is 336 Å². The van der Waals surface area contributed by atoms with E-state index in [0.29, 0.717) is 25.7 Å². The molecule has 0 amide bonds. The summed E-state index contributed by atoms with van der Waals surface area (Å²) in [5.74, 6) is -1.84. The first-order valence-corrected chi connectivity index (χ1v) is 22.5. The number of nitrogens with two attached hydrogens (primary N) is 1. The van der Waals surface area contributed by atoms with Crippen molar-refractivity contribution in [2.75, 3.05) is 26.4 Å². The van der Waals surface area contributed by atoms with Crippen LogP contribution in [0.2, 0.25) is 0 Å². The number of esters is 2. The SMILES string of the molecule is CCCCCCCC/C=C\C/C=C\C/C=C\CCCC(=O)OC[C@H](COP(=O)(O)OCCN)OC(=O)C/C=C\C[C@H]1[C@@H](/C=C/[C@H](O)CCCCC)[C@H](O)C[C@@H]1O. The van der Waals surface area contributed by atoms with E-state index in [2.05, 4.69) is 44.2 Å². The van der Waals surface area contributed by atoms with Crippen LogP contribution in [-0.4, -0.2) is 82.9 Å². The number of carbonyl (C=O) groups excluding carboxylic acids is 2. The highest BCUT2D eigenvalue weighted by molar-refractivity contribution is 7.47. The highest BCUT2D eigenvalue weighted by Crippen LogP contribution is 2.43. The van der Waals surface area contributed by atoms with E-state index in [1.807, 2.05) is 6.08 Å². The van der Waals surface area contributed by atoms with Crippen molar-refractivity contribution in [3.05, 3.63) is 60.8 Å². The molecule has 1 unspecified atom stereocenters. The molecule has 322 valence electrons. The second-order valence-electron chi connectivity index (χ2n) is 14.5. The van der Waals surface area contributed by atoms with E-state index in [-0.39, 0.29) is 50.9 Å². The molecule has 56 heavy (non-hydrogen) atoms. The first kappa shape index (κ1) is 51.6. The Hall–Kier alpha value is -2.41. The fourth-order valence-electron chi connectivity index (χ4n) is 6.27. The summed E-state index contributed by atoms with van der Waals surface area (Å²) in [5, 5.41) is 31.3. The topological polar surface area (TPSA) is 195 Å². The lowest BCUT2D eigenvalue weighted by atomic mass is 9.89. The lowest BCUT2D eigenvalue weighted by molar-refractivity contribution is -0.160. The minimum absolute atomic E-state index is 0.00591. The highest BCUT2D eigenvalue weighted by atomic mass is 31.2. The molecule has 1 rings (SSSR count). The van der Waals surface area contributed by atoms with Crippen molar-refractivity contribution in [3.63, 3.8) is 0 Å². The number of hydrogen-bond donors (Lipinski definition) is 5. The molecule has 0 aromatic carbocycles. The van der Waals surface area contributed by atoms with Gasteiger partial charge >= 0.3 is 19.8 Å². The molecule has 6 N–H and O–H groups in total. The Morgan fingerprint density at radius 2 is 1.43 bits per heavy atom. The molecule has 0 spiro atoms. The number of phosphoric acid groups is 1. The third kappa shape index (κ3) is 27.3. The normalized spacial score (nSPS) is 21.2. The largest absolute Gasteiger partial charge is 0.472 e. The Kier molecular flexibility index (Phi) is 30.9. The zero-order chi connectivity index (χ0) is 41.3. The van der Waals surface area contributed by atoms with Crippen molar-refractivity contribution in [2.45, 2.75) is 160 Å². The first-order valence-electron chi connectivity index (χ1n) is 21.0. The summed E-state index contributed by atoms with van der Waals surface area (Å²) in [6.07, 6.45) is 32.5. The van der Waals surface area contributed by atoms with E-state index in [1.54, 1.807) is 24.3 Å². The van der Waals surface area contributed by atoms with Crippen molar-refractivity contribution in [3.8, 4) is 0 Å². The Balaban J connectivity index is 2.51. The molecule has 1 aliphatic carbocycles. The van der Waals surface area contributed by atoms with Gasteiger partial charge in [-0.2, -0.15) is 0 Å².